The van der Waals surface area contributed by atoms with Gasteiger partial charge in [-0.05, 0) is 48.0 Å². The molecule has 0 bridgehead atoms. The molecule has 0 amide bonds. The molecule has 1 N–H and O–H groups in total. The maximum absolute atomic E-state index is 13.1. The molecule has 1 aromatic carbocycles. The predicted octanol–water partition coefficient (Wildman–Crippen LogP) is 4.39. The van der Waals surface area contributed by atoms with E-state index in [9.17, 15) is 4.39 Å². The minimum Gasteiger partial charge on any atom is -0.338 e. The van der Waals surface area contributed by atoms with Crippen LogP contribution in [0.25, 0.3) is 0 Å². The molecule has 0 spiro atoms. The van der Waals surface area contributed by atoms with Gasteiger partial charge in [-0.25, -0.2) is 14.4 Å². The van der Waals surface area contributed by atoms with Crippen LogP contribution in [0.5, 0.6) is 0 Å². The lowest BCUT2D eigenvalue weighted by Crippen LogP contribution is -2.00. The molecule has 0 saturated heterocycles. The van der Waals surface area contributed by atoms with E-state index >= 15 is 0 Å². The first kappa shape index (κ1) is 13.2. The molecule has 1 heterocycles. The summed E-state index contributed by atoms with van der Waals surface area (Å²) in [7, 11) is 0. The second-order valence-corrected chi connectivity index (χ2v) is 5.00. The highest BCUT2D eigenvalue weighted by molar-refractivity contribution is 9.10. The predicted molar refractivity (Wildman–Crippen MR) is 73.9 cm³/mol. The molecular formula is C12H10BrClFN3. The maximum atomic E-state index is 13.1. The van der Waals surface area contributed by atoms with Gasteiger partial charge in [-0.2, -0.15) is 0 Å². The average molecular weight is 331 g/mol. The van der Waals surface area contributed by atoms with Crippen molar-refractivity contribution in [3.8, 4) is 0 Å². The van der Waals surface area contributed by atoms with Crippen molar-refractivity contribution < 1.29 is 4.39 Å². The molecule has 2 aromatic rings. The molecule has 94 valence electrons. The van der Waals surface area contributed by atoms with Crippen LogP contribution in [0.2, 0.25) is 5.15 Å². The Morgan fingerprint density at radius 2 is 1.89 bits per heavy atom. The summed E-state index contributed by atoms with van der Waals surface area (Å²) in [5.74, 6) is 0.135. The molecule has 2 rings (SSSR count). The first-order valence-corrected chi connectivity index (χ1v) is 6.37. The molecule has 0 aliphatic carbocycles. The Morgan fingerprint density at radius 1 is 1.22 bits per heavy atom. The van der Waals surface area contributed by atoms with Gasteiger partial charge in [-0.1, -0.05) is 11.6 Å². The Kier molecular flexibility index (Phi) is 3.82. The van der Waals surface area contributed by atoms with Crippen LogP contribution in [-0.4, -0.2) is 9.97 Å². The zero-order valence-electron chi connectivity index (χ0n) is 9.76. The number of rotatable bonds is 2. The number of anilines is 2. The fourth-order valence-electron chi connectivity index (χ4n) is 1.37. The highest BCUT2D eigenvalue weighted by Gasteiger charge is 2.08. The summed E-state index contributed by atoms with van der Waals surface area (Å²) in [6, 6.07) is 4.57. The van der Waals surface area contributed by atoms with Crippen molar-refractivity contribution in [2.24, 2.45) is 0 Å². The third-order valence-corrected chi connectivity index (χ3v) is 3.32. The third-order valence-electron chi connectivity index (χ3n) is 2.45. The van der Waals surface area contributed by atoms with Crippen molar-refractivity contribution in [1.82, 2.24) is 9.97 Å². The van der Waals surface area contributed by atoms with Crippen LogP contribution in [0.1, 0.15) is 11.4 Å². The van der Waals surface area contributed by atoms with E-state index in [-0.39, 0.29) is 5.82 Å². The summed E-state index contributed by atoms with van der Waals surface area (Å²) in [6.45, 7) is 3.69. The number of hydrogen-bond acceptors (Lipinski definition) is 3. The molecular weight excluding hydrogens is 321 g/mol. The van der Waals surface area contributed by atoms with Crippen LogP contribution in [0, 0.1) is 19.7 Å². The van der Waals surface area contributed by atoms with E-state index in [0.717, 1.165) is 11.4 Å². The number of nitrogens with zero attached hydrogens (tertiary/aromatic N) is 2. The van der Waals surface area contributed by atoms with Crippen molar-refractivity contribution >= 4 is 39.0 Å². The minimum atomic E-state index is -0.321. The number of halogens is 3. The monoisotopic (exact) mass is 329 g/mol. The normalized spacial score (nSPS) is 10.5. The SMILES string of the molecule is Cc1nc(Cl)c(Nc2ccc(F)c(Br)c2)nc1C. The van der Waals surface area contributed by atoms with E-state index in [1.165, 1.54) is 6.07 Å². The third kappa shape index (κ3) is 2.79. The van der Waals surface area contributed by atoms with Crippen molar-refractivity contribution in [1.29, 1.82) is 0 Å². The number of hydrogen-bond donors (Lipinski definition) is 1. The molecule has 0 atom stereocenters. The van der Waals surface area contributed by atoms with E-state index in [2.05, 4.69) is 31.2 Å². The van der Waals surface area contributed by atoms with Crippen molar-refractivity contribution in [2.45, 2.75) is 13.8 Å². The lowest BCUT2D eigenvalue weighted by Gasteiger charge is -2.09. The van der Waals surface area contributed by atoms with E-state index < -0.39 is 0 Å². The fraction of sp³-hybridized carbons (Fsp3) is 0.167. The summed E-state index contributed by atoms with van der Waals surface area (Å²) in [6.07, 6.45) is 0. The Bertz CT molecular complexity index is 604. The molecule has 0 radical (unpaired) electrons. The van der Waals surface area contributed by atoms with Crippen LogP contribution in [0.3, 0.4) is 0 Å². The van der Waals surface area contributed by atoms with E-state index in [0.29, 0.717) is 21.1 Å². The molecule has 0 aliphatic heterocycles. The summed E-state index contributed by atoms with van der Waals surface area (Å²) >= 11 is 9.12. The van der Waals surface area contributed by atoms with Gasteiger partial charge < -0.3 is 5.32 Å². The molecule has 18 heavy (non-hydrogen) atoms. The van der Waals surface area contributed by atoms with Crippen LogP contribution < -0.4 is 5.32 Å². The molecule has 1 aromatic heterocycles. The van der Waals surface area contributed by atoms with Gasteiger partial charge in [0.15, 0.2) is 11.0 Å². The van der Waals surface area contributed by atoms with Gasteiger partial charge in [0.25, 0.3) is 0 Å². The smallest absolute Gasteiger partial charge is 0.172 e. The maximum Gasteiger partial charge on any atom is 0.172 e. The lowest BCUT2D eigenvalue weighted by atomic mass is 10.3. The van der Waals surface area contributed by atoms with Gasteiger partial charge in [-0.3, -0.25) is 0 Å². The molecule has 0 aliphatic rings. The fourth-order valence-corrected chi connectivity index (χ4v) is 1.96. The highest BCUT2D eigenvalue weighted by atomic mass is 79.9. The van der Waals surface area contributed by atoms with Gasteiger partial charge in [0.2, 0.25) is 0 Å². The second-order valence-electron chi connectivity index (χ2n) is 3.79. The van der Waals surface area contributed by atoms with Crippen molar-refractivity contribution in [2.75, 3.05) is 5.32 Å². The standard InChI is InChI=1S/C12H10BrClFN3/c1-6-7(2)17-12(11(14)16-6)18-8-3-4-10(15)9(13)5-8/h3-5H,1-2H3,(H,17,18). The molecule has 6 heteroatoms. The van der Waals surface area contributed by atoms with Crippen LogP contribution in [-0.2, 0) is 0 Å². The lowest BCUT2D eigenvalue weighted by molar-refractivity contribution is 0.621. The Hall–Kier alpha value is -1.20. The largest absolute Gasteiger partial charge is 0.338 e. The topological polar surface area (TPSA) is 37.8 Å². The zero-order chi connectivity index (χ0) is 13.3. The van der Waals surface area contributed by atoms with E-state index in [4.69, 9.17) is 11.6 Å². The summed E-state index contributed by atoms with van der Waals surface area (Å²) < 4.78 is 13.5. The molecule has 0 unspecified atom stereocenters. The first-order chi connectivity index (χ1) is 8.47. The first-order valence-electron chi connectivity index (χ1n) is 5.20. The van der Waals surface area contributed by atoms with Crippen LogP contribution in [0.15, 0.2) is 22.7 Å². The second kappa shape index (κ2) is 5.20. The van der Waals surface area contributed by atoms with Crippen molar-refractivity contribution in [3.05, 3.63) is 45.0 Å². The van der Waals surface area contributed by atoms with Gasteiger partial charge in [0, 0.05) is 5.69 Å². The quantitative estimate of drug-likeness (QED) is 0.887. The number of aryl methyl sites for hydroxylation is 2. The van der Waals surface area contributed by atoms with Crippen molar-refractivity contribution in [3.63, 3.8) is 0 Å². The average Bonchev–Trinajstić information content (AvgIpc) is 2.31. The highest BCUT2D eigenvalue weighted by Crippen LogP contribution is 2.25. The van der Waals surface area contributed by atoms with E-state index in [1.807, 2.05) is 13.8 Å². The summed E-state index contributed by atoms with van der Waals surface area (Å²) in [5, 5.41) is 3.30. The summed E-state index contributed by atoms with van der Waals surface area (Å²) in [5.41, 5.74) is 2.26. The number of nitrogens with one attached hydrogen (secondary N) is 1. The molecule has 3 nitrogen and oxygen atoms in total. The van der Waals surface area contributed by atoms with Gasteiger partial charge in [0.1, 0.15) is 5.82 Å². The Balaban J connectivity index is 2.34. The zero-order valence-corrected chi connectivity index (χ0v) is 12.1. The summed E-state index contributed by atoms with van der Waals surface area (Å²) in [4.78, 5) is 8.47. The Morgan fingerprint density at radius 3 is 2.56 bits per heavy atom. The minimum absolute atomic E-state index is 0.290. The number of aromatic nitrogens is 2. The van der Waals surface area contributed by atoms with Crippen LogP contribution >= 0.6 is 27.5 Å². The van der Waals surface area contributed by atoms with Gasteiger partial charge in [-0.15, -0.1) is 0 Å². The molecule has 0 fully saturated rings. The van der Waals surface area contributed by atoms with E-state index in [1.54, 1.807) is 12.1 Å². The van der Waals surface area contributed by atoms with Crippen LogP contribution in [0.4, 0.5) is 15.9 Å². The Labute approximate surface area is 118 Å². The van der Waals surface area contributed by atoms with Gasteiger partial charge >= 0.3 is 0 Å². The number of benzene rings is 1. The molecule has 0 saturated carbocycles. The van der Waals surface area contributed by atoms with Gasteiger partial charge in [0.05, 0.1) is 15.9 Å².